The number of amides is 2. The van der Waals surface area contributed by atoms with Gasteiger partial charge in [-0.15, -0.1) is 0 Å². The number of hydrogen-bond acceptors (Lipinski definition) is 4. The molecule has 4 N–H and O–H groups in total. The molecule has 0 heterocycles. The molecule has 0 radical (unpaired) electrons. The molecule has 0 aromatic rings. The first-order chi connectivity index (χ1) is 8.46. The van der Waals surface area contributed by atoms with Gasteiger partial charge in [-0.1, -0.05) is 20.3 Å². The summed E-state index contributed by atoms with van der Waals surface area (Å²) in [6, 6.07) is -0.243. The van der Waals surface area contributed by atoms with Crippen LogP contribution in [0.1, 0.15) is 40.5 Å². The van der Waals surface area contributed by atoms with E-state index in [0.717, 1.165) is 6.42 Å². The summed E-state index contributed by atoms with van der Waals surface area (Å²) < 4.78 is 0. The third-order valence-electron chi connectivity index (χ3n) is 2.65. The van der Waals surface area contributed by atoms with Gasteiger partial charge >= 0.3 is 0 Å². The van der Waals surface area contributed by atoms with Crippen molar-refractivity contribution in [3.8, 4) is 0 Å². The fourth-order valence-corrected chi connectivity index (χ4v) is 1.84. The molecule has 0 aliphatic heterocycles. The van der Waals surface area contributed by atoms with E-state index < -0.39 is 0 Å². The minimum absolute atomic E-state index is 0.0715. The number of carbonyl (C=O) groups excluding carboxylic acids is 2. The number of hydrazine groups is 1. The highest BCUT2D eigenvalue weighted by atomic mass is 16.2. The average Bonchev–Trinajstić information content (AvgIpc) is 2.31. The Morgan fingerprint density at radius 2 is 1.89 bits per heavy atom. The monoisotopic (exact) mass is 258 g/mol. The lowest BCUT2D eigenvalue weighted by Crippen LogP contribution is -2.52. The molecule has 0 aliphatic carbocycles. The van der Waals surface area contributed by atoms with E-state index in [0.29, 0.717) is 13.0 Å². The summed E-state index contributed by atoms with van der Waals surface area (Å²) in [6.07, 6.45) is 1.55. The van der Waals surface area contributed by atoms with Crippen LogP contribution in [0.25, 0.3) is 0 Å². The van der Waals surface area contributed by atoms with Crippen molar-refractivity contribution in [1.29, 1.82) is 0 Å². The van der Waals surface area contributed by atoms with Gasteiger partial charge in [-0.2, -0.15) is 0 Å². The topological polar surface area (TPSA) is 87.5 Å². The quantitative estimate of drug-likeness (QED) is 0.325. The normalized spacial score (nSPS) is 12.6. The summed E-state index contributed by atoms with van der Waals surface area (Å²) in [6.45, 7) is 8.58. The van der Waals surface area contributed by atoms with Gasteiger partial charge in [0.2, 0.25) is 5.91 Å². The van der Waals surface area contributed by atoms with E-state index in [1.807, 2.05) is 32.6 Å². The van der Waals surface area contributed by atoms with Crippen LogP contribution in [0.3, 0.4) is 0 Å². The van der Waals surface area contributed by atoms with Gasteiger partial charge in [-0.3, -0.25) is 19.9 Å². The molecule has 0 aromatic heterocycles. The van der Waals surface area contributed by atoms with Crippen LogP contribution in [0.2, 0.25) is 0 Å². The molecule has 0 fully saturated rings. The molecule has 0 aromatic carbocycles. The Balaban J connectivity index is 4.59. The molecule has 1 atom stereocenters. The van der Waals surface area contributed by atoms with Crippen molar-refractivity contribution in [2.24, 2.45) is 5.84 Å². The Hall–Kier alpha value is -1.14. The minimum atomic E-state index is -0.345. The first kappa shape index (κ1) is 16.9. The predicted molar refractivity (Wildman–Crippen MR) is 71.6 cm³/mol. The molecule has 0 bridgehead atoms. The third kappa shape index (κ3) is 5.97. The highest BCUT2D eigenvalue weighted by molar-refractivity contribution is 5.83. The molecule has 2 amide bonds. The first-order valence-corrected chi connectivity index (χ1v) is 6.50. The Labute approximate surface area is 109 Å². The fraction of sp³-hybridized carbons (Fsp3) is 0.833. The molecule has 18 heavy (non-hydrogen) atoms. The van der Waals surface area contributed by atoms with Crippen molar-refractivity contribution in [1.82, 2.24) is 15.6 Å². The molecule has 0 saturated carbocycles. The largest absolute Gasteiger partial charge is 0.353 e. The van der Waals surface area contributed by atoms with Crippen LogP contribution in [-0.2, 0) is 9.59 Å². The van der Waals surface area contributed by atoms with Crippen LogP contribution in [0.4, 0.5) is 0 Å². The molecule has 0 spiro atoms. The maximum atomic E-state index is 11.7. The SMILES string of the molecule is CCCC(C(=O)NN)N(CC)CC(=O)NC(C)C. The van der Waals surface area contributed by atoms with Crippen molar-refractivity contribution >= 4 is 11.8 Å². The van der Waals surface area contributed by atoms with Crippen molar-refractivity contribution in [2.45, 2.75) is 52.6 Å². The lowest BCUT2D eigenvalue weighted by molar-refractivity contribution is -0.129. The fourth-order valence-electron chi connectivity index (χ4n) is 1.84. The predicted octanol–water partition coefficient (Wildman–Crippen LogP) is -0.00850. The van der Waals surface area contributed by atoms with Gasteiger partial charge < -0.3 is 5.32 Å². The number of hydrogen-bond donors (Lipinski definition) is 3. The smallest absolute Gasteiger partial charge is 0.251 e. The number of nitrogens with two attached hydrogens (primary N) is 1. The molecule has 1 unspecified atom stereocenters. The van der Waals surface area contributed by atoms with Crippen molar-refractivity contribution in [3.05, 3.63) is 0 Å². The second-order valence-corrected chi connectivity index (χ2v) is 4.60. The Morgan fingerprint density at radius 1 is 1.28 bits per heavy atom. The van der Waals surface area contributed by atoms with Gasteiger partial charge in [0, 0.05) is 6.04 Å². The standard InChI is InChI=1S/C12H26N4O2/c1-5-7-10(12(18)15-13)16(6-2)8-11(17)14-9(3)4/h9-10H,5-8,13H2,1-4H3,(H,14,17)(H,15,18). The lowest BCUT2D eigenvalue weighted by Gasteiger charge is -2.28. The molecule has 6 heteroatoms. The van der Waals surface area contributed by atoms with E-state index >= 15 is 0 Å². The van der Waals surface area contributed by atoms with E-state index in [2.05, 4.69) is 10.7 Å². The average molecular weight is 258 g/mol. The summed E-state index contributed by atoms with van der Waals surface area (Å²) >= 11 is 0. The van der Waals surface area contributed by atoms with Crippen LogP contribution in [-0.4, -0.2) is 41.9 Å². The summed E-state index contributed by atoms with van der Waals surface area (Å²) in [5, 5.41) is 2.82. The third-order valence-corrected chi connectivity index (χ3v) is 2.65. The summed E-state index contributed by atoms with van der Waals surface area (Å²) in [5.74, 6) is 4.87. The Bertz CT molecular complexity index is 269. The minimum Gasteiger partial charge on any atom is -0.353 e. The summed E-state index contributed by atoms with van der Waals surface area (Å²) in [7, 11) is 0. The van der Waals surface area contributed by atoms with E-state index in [1.54, 1.807) is 0 Å². The Morgan fingerprint density at radius 3 is 2.28 bits per heavy atom. The summed E-state index contributed by atoms with van der Waals surface area (Å²) in [5.41, 5.74) is 2.17. The van der Waals surface area contributed by atoms with Crippen LogP contribution >= 0.6 is 0 Å². The van der Waals surface area contributed by atoms with Crippen LogP contribution in [0.5, 0.6) is 0 Å². The zero-order valence-corrected chi connectivity index (χ0v) is 11.8. The van der Waals surface area contributed by atoms with Gasteiger partial charge in [0.25, 0.3) is 5.91 Å². The lowest BCUT2D eigenvalue weighted by atomic mass is 10.1. The van der Waals surface area contributed by atoms with E-state index in [1.165, 1.54) is 0 Å². The van der Waals surface area contributed by atoms with Gasteiger partial charge in [0.1, 0.15) is 0 Å². The zero-order valence-electron chi connectivity index (χ0n) is 11.8. The van der Waals surface area contributed by atoms with Crippen LogP contribution in [0, 0.1) is 0 Å². The second kappa shape index (κ2) is 8.88. The van der Waals surface area contributed by atoms with Gasteiger partial charge in [-0.25, -0.2) is 5.84 Å². The number of carbonyl (C=O) groups is 2. The molecule has 0 aliphatic rings. The number of nitrogens with one attached hydrogen (secondary N) is 2. The number of rotatable bonds is 8. The first-order valence-electron chi connectivity index (χ1n) is 6.50. The molecule has 6 nitrogen and oxygen atoms in total. The highest BCUT2D eigenvalue weighted by Crippen LogP contribution is 2.07. The molecule has 0 rings (SSSR count). The van der Waals surface area contributed by atoms with Crippen LogP contribution < -0.4 is 16.6 Å². The Kier molecular flexibility index (Phi) is 8.32. The van der Waals surface area contributed by atoms with Crippen LogP contribution in [0.15, 0.2) is 0 Å². The van der Waals surface area contributed by atoms with E-state index in [4.69, 9.17) is 5.84 Å². The molecular formula is C12H26N4O2. The maximum Gasteiger partial charge on any atom is 0.251 e. The molecule has 106 valence electrons. The highest BCUT2D eigenvalue weighted by Gasteiger charge is 2.25. The van der Waals surface area contributed by atoms with E-state index in [-0.39, 0.29) is 30.4 Å². The number of likely N-dealkylation sites (N-methyl/N-ethyl adjacent to an activating group) is 1. The van der Waals surface area contributed by atoms with Crippen molar-refractivity contribution in [3.63, 3.8) is 0 Å². The second-order valence-electron chi connectivity index (χ2n) is 4.60. The molecule has 0 saturated heterocycles. The summed E-state index contributed by atoms with van der Waals surface area (Å²) in [4.78, 5) is 25.3. The van der Waals surface area contributed by atoms with Gasteiger partial charge in [0.05, 0.1) is 12.6 Å². The van der Waals surface area contributed by atoms with Gasteiger partial charge in [0.15, 0.2) is 0 Å². The maximum absolute atomic E-state index is 11.7. The van der Waals surface area contributed by atoms with E-state index in [9.17, 15) is 9.59 Å². The van der Waals surface area contributed by atoms with Crippen molar-refractivity contribution < 1.29 is 9.59 Å². The number of nitrogens with zero attached hydrogens (tertiary/aromatic N) is 1. The molecular weight excluding hydrogens is 232 g/mol. The van der Waals surface area contributed by atoms with Crippen molar-refractivity contribution in [2.75, 3.05) is 13.1 Å². The zero-order chi connectivity index (χ0) is 14.1. The van der Waals surface area contributed by atoms with Gasteiger partial charge in [-0.05, 0) is 26.8 Å².